The smallest absolute Gasteiger partial charge is 0.331 e. The van der Waals surface area contributed by atoms with Crippen molar-refractivity contribution in [2.45, 2.75) is 13.0 Å². The average Bonchev–Trinajstić information content (AvgIpc) is 2.95. The molecule has 0 aliphatic carbocycles. The summed E-state index contributed by atoms with van der Waals surface area (Å²) >= 11 is 1.33. The lowest BCUT2D eigenvalue weighted by Gasteiger charge is -2.18. The van der Waals surface area contributed by atoms with Crippen LogP contribution in [0, 0.1) is 11.8 Å². The number of carbonyl (C=O) groups is 2. The maximum Gasteiger partial charge on any atom is 0.331 e. The Bertz CT molecular complexity index is 433. The zero-order chi connectivity index (χ0) is 13.1. The number of carboxylic acids is 1. The second kappa shape index (κ2) is 5.49. The first-order valence-corrected chi connectivity index (χ1v) is 6.75. The molecule has 3 N–H and O–H groups in total. The van der Waals surface area contributed by atoms with Gasteiger partial charge in [-0.3, -0.25) is 4.79 Å². The minimum atomic E-state index is -1.02. The van der Waals surface area contributed by atoms with Gasteiger partial charge < -0.3 is 15.7 Å². The van der Waals surface area contributed by atoms with E-state index in [-0.39, 0.29) is 17.7 Å². The van der Waals surface area contributed by atoms with E-state index in [9.17, 15) is 14.7 Å². The molecule has 0 saturated carbocycles. The summed E-state index contributed by atoms with van der Waals surface area (Å²) in [5.74, 6) is -1.12. The minimum absolute atomic E-state index is 0.146. The van der Waals surface area contributed by atoms with Crippen LogP contribution in [0.3, 0.4) is 0 Å². The van der Waals surface area contributed by atoms with Gasteiger partial charge in [0.15, 0.2) is 6.04 Å². The number of amides is 1. The summed E-state index contributed by atoms with van der Waals surface area (Å²) in [6.07, 6.45) is 0. The summed E-state index contributed by atoms with van der Waals surface area (Å²) in [6.45, 7) is 3.41. The molecule has 2 rings (SSSR count). The van der Waals surface area contributed by atoms with E-state index in [1.807, 2.05) is 6.92 Å². The zero-order valence-corrected chi connectivity index (χ0v) is 10.9. The number of carbonyl (C=O) groups excluding carboxylic acids is 1. The molecule has 1 aromatic heterocycles. The van der Waals surface area contributed by atoms with Crippen LogP contribution in [0.15, 0.2) is 17.5 Å². The van der Waals surface area contributed by atoms with Crippen LogP contribution in [0.5, 0.6) is 0 Å². The van der Waals surface area contributed by atoms with Gasteiger partial charge in [0.05, 0.1) is 5.92 Å². The van der Waals surface area contributed by atoms with Gasteiger partial charge in [-0.1, -0.05) is 13.0 Å². The van der Waals surface area contributed by atoms with Gasteiger partial charge in [-0.05, 0) is 23.9 Å². The molecular formula is C12H16N2O3S. The first kappa shape index (κ1) is 13.0. The molecule has 3 unspecified atom stereocenters. The molecular weight excluding hydrogens is 252 g/mol. The van der Waals surface area contributed by atoms with Crippen LogP contribution in [0.4, 0.5) is 0 Å². The number of hydrogen-bond donors (Lipinski definition) is 3. The topological polar surface area (TPSA) is 78.4 Å². The fraction of sp³-hybridized carbons (Fsp3) is 0.500. The van der Waals surface area contributed by atoms with Crippen LogP contribution in [-0.2, 0) is 9.59 Å². The Balaban J connectivity index is 2.06. The van der Waals surface area contributed by atoms with Crippen molar-refractivity contribution in [3.63, 3.8) is 0 Å². The molecule has 1 aliphatic rings. The van der Waals surface area contributed by atoms with E-state index < -0.39 is 12.0 Å². The highest BCUT2D eigenvalue weighted by Crippen LogP contribution is 2.22. The van der Waals surface area contributed by atoms with E-state index in [0.717, 1.165) is 6.54 Å². The van der Waals surface area contributed by atoms with Gasteiger partial charge in [0.25, 0.3) is 0 Å². The zero-order valence-electron chi connectivity index (χ0n) is 10.1. The first-order valence-electron chi connectivity index (χ1n) is 5.87. The molecule has 98 valence electrons. The van der Waals surface area contributed by atoms with Crippen molar-refractivity contribution in [2.24, 2.45) is 11.8 Å². The van der Waals surface area contributed by atoms with E-state index in [1.54, 1.807) is 17.5 Å². The van der Waals surface area contributed by atoms with Crippen molar-refractivity contribution in [3.8, 4) is 0 Å². The lowest BCUT2D eigenvalue weighted by molar-refractivity contribution is -0.142. The standard InChI is InChI=1S/C12H16N2O3S/c1-7-5-13-6-8(7)11(15)14-10(12(16)17)9-3-2-4-18-9/h2-4,7-8,10,13H,5-6H2,1H3,(H,14,15)(H,16,17). The molecule has 0 aromatic carbocycles. The Morgan fingerprint density at radius 3 is 2.83 bits per heavy atom. The second-order valence-corrected chi connectivity index (χ2v) is 5.52. The summed E-state index contributed by atoms with van der Waals surface area (Å²) in [7, 11) is 0. The molecule has 1 aliphatic heterocycles. The Morgan fingerprint density at radius 1 is 1.56 bits per heavy atom. The van der Waals surface area contributed by atoms with Crippen LogP contribution >= 0.6 is 11.3 Å². The molecule has 1 saturated heterocycles. The predicted octanol–water partition coefficient (Wildman–Crippen LogP) is 0.846. The number of nitrogens with one attached hydrogen (secondary N) is 2. The van der Waals surface area contributed by atoms with Gasteiger partial charge in [0, 0.05) is 11.4 Å². The Kier molecular flexibility index (Phi) is 3.98. The van der Waals surface area contributed by atoms with Crippen LogP contribution in [0.25, 0.3) is 0 Å². The van der Waals surface area contributed by atoms with Crippen molar-refractivity contribution in [2.75, 3.05) is 13.1 Å². The summed E-state index contributed by atoms with van der Waals surface area (Å²) in [5.41, 5.74) is 0. The Morgan fingerprint density at radius 2 is 2.33 bits per heavy atom. The van der Waals surface area contributed by atoms with E-state index in [2.05, 4.69) is 10.6 Å². The van der Waals surface area contributed by atoms with E-state index >= 15 is 0 Å². The molecule has 6 heteroatoms. The van der Waals surface area contributed by atoms with Crippen molar-refractivity contribution < 1.29 is 14.7 Å². The van der Waals surface area contributed by atoms with E-state index in [4.69, 9.17) is 0 Å². The predicted molar refractivity (Wildman–Crippen MR) is 68.4 cm³/mol. The van der Waals surface area contributed by atoms with Gasteiger partial charge in [0.1, 0.15) is 0 Å². The first-order chi connectivity index (χ1) is 8.59. The normalized spacial score (nSPS) is 24.7. The van der Waals surface area contributed by atoms with E-state index in [0.29, 0.717) is 11.4 Å². The summed E-state index contributed by atoms with van der Waals surface area (Å²) in [6, 6.07) is 2.56. The molecule has 3 atom stereocenters. The Labute approximate surface area is 109 Å². The third-order valence-corrected chi connectivity index (χ3v) is 4.15. The molecule has 1 amide bonds. The molecule has 0 bridgehead atoms. The van der Waals surface area contributed by atoms with Gasteiger partial charge in [-0.2, -0.15) is 0 Å². The summed E-state index contributed by atoms with van der Waals surface area (Å²) in [4.78, 5) is 23.9. The third kappa shape index (κ3) is 2.70. The highest BCUT2D eigenvalue weighted by molar-refractivity contribution is 7.10. The highest BCUT2D eigenvalue weighted by Gasteiger charge is 2.32. The van der Waals surface area contributed by atoms with Gasteiger partial charge in [-0.15, -0.1) is 11.3 Å². The number of hydrogen-bond acceptors (Lipinski definition) is 4. The quantitative estimate of drug-likeness (QED) is 0.756. The molecule has 1 fully saturated rings. The lowest BCUT2D eigenvalue weighted by Crippen LogP contribution is -2.39. The molecule has 1 aromatic rings. The highest BCUT2D eigenvalue weighted by atomic mass is 32.1. The van der Waals surface area contributed by atoms with Crippen molar-refractivity contribution in [1.82, 2.24) is 10.6 Å². The monoisotopic (exact) mass is 268 g/mol. The fourth-order valence-corrected chi connectivity index (χ4v) is 2.89. The van der Waals surface area contributed by atoms with Crippen LogP contribution in [0.2, 0.25) is 0 Å². The van der Waals surface area contributed by atoms with Crippen molar-refractivity contribution in [3.05, 3.63) is 22.4 Å². The van der Waals surface area contributed by atoms with Gasteiger partial charge in [-0.25, -0.2) is 4.79 Å². The lowest BCUT2D eigenvalue weighted by atomic mass is 9.97. The minimum Gasteiger partial charge on any atom is -0.479 e. The Hall–Kier alpha value is -1.40. The fourth-order valence-electron chi connectivity index (χ4n) is 2.12. The number of thiophene rings is 1. The maximum atomic E-state index is 12.1. The third-order valence-electron chi connectivity index (χ3n) is 3.22. The second-order valence-electron chi connectivity index (χ2n) is 4.54. The summed E-state index contributed by atoms with van der Waals surface area (Å²) < 4.78 is 0. The number of carboxylic acid groups (broad SMARTS) is 1. The summed E-state index contributed by atoms with van der Waals surface area (Å²) in [5, 5.41) is 16.7. The van der Waals surface area contributed by atoms with Crippen molar-refractivity contribution in [1.29, 1.82) is 0 Å². The molecule has 18 heavy (non-hydrogen) atoms. The van der Waals surface area contributed by atoms with Crippen LogP contribution in [0.1, 0.15) is 17.8 Å². The maximum absolute atomic E-state index is 12.1. The number of rotatable bonds is 4. The average molecular weight is 268 g/mol. The molecule has 0 radical (unpaired) electrons. The van der Waals surface area contributed by atoms with Crippen LogP contribution < -0.4 is 10.6 Å². The van der Waals surface area contributed by atoms with E-state index in [1.165, 1.54) is 11.3 Å². The van der Waals surface area contributed by atoms with Crippen molar-refractivity contribution >= 4 is 23.2 Å². The molecule has 2 heterocycles. The van der Waals surface area contributed by atoms with Crippen LogP contribution in [-0.4, -0.2) is 30.1 Å². The van der Waals surface area contributed by atoms with Gasteiger partial charge in [0.2, 0.25) is 5.91 Å². The molecule has 5 nitrogen and oxygen atoms in total. The SMILES string of the molecule is CC1CNCC1C(=O)NC(C(=O)O)c1cccs1. The molecule has 0 spiro atoms. The van der Waals surface area contributed by atoms with Gasteiger partial charge >= 0.3 is 5.97 Å². The largest absolute Gasteiger partial charge is 0.479 e. The number of aliphatic carboxylic acids is 1.